The average molecular weight is 429 g/mol. The quantitative estimate of drug-likeness (QED) is 0.458. The number of nitrogens with zero attached hydrogens (tertiary/aromatic N) is 4. The van der Waals surface area contributed by atoms with Crippen molar-refractivity contribution in [1.29, 1.82) is 5.26 Å². The van der Waals surface area contributed by atoms with Gasteiger partial charge in [-0.05, 0) is 29.8 Å². The minimum absolute atomic E-state index is 0.516. The largest absolute Gasteiger partial charge is 0.490 e. The molecule has 8 nitrogen and oxygen atoms in total. The highest BCUT2D eigenvalue weighted by Crippen LogP contribution is 2.25. The summed E-state index contributed by atoms with van der Waals surface area (Å²) in [6, 6.07) is 12.8. The molecule has 0 aliphatic carbocycles. The van der Waals surface area contributed by atoms with Crippen LogP contribution in [0.2, 0.25) is 0 Å². The zero-order valence-electron chi connectivity index (χ0n) is 15.6. The molecule has 4 rings (SSSR count). The molecule has 1 unspecified atom stereocenters. The van der Waals surface area contributed by atoms with Gasteiger partial charge in [0.25, 0.3) is 0 Å². The summed E-state index contributed by atoms with van der Waals surface area (Å²) in [5.74, 6) is -2.76. The molecule has 0 fully saturated rings. The van der Waals surface area contributed by atoms with E-state index in [0.29, 0.717) is 16.7 Å². The Balaban J connectivity index is 0.000000339. The number of fused-ring (bicyclic) bond motifs is 1. The zero-order valence-corrected chi connectivity index (χ0v) is 15.6. The lowest BCUT2D eigenvalue weighted by Gasteiger charge is -2.09. The molecular formula is C20H14F3N5O3. The Morgan fingerprint density at radius 1 is 1.23 bits per heavy atom. The van der Waals surface area contributed by atoms with Gasteiger partial charge < -0.3 is 15.2 Å². The number of aliphatic hydroxyl groups excluding tert-OH is 1. The molecule has 3 N–H and O–H groups in total. The topological polar surface area (TPSA) is 128 Å². The second-order valence-electron chi connectivity index (χ2n) is 6.23. The number of carboxylic acid groups (broad SMARTS) is 1. The fraction of sp³-hybridized carbons (Fsp3) is 0.100. The number of aromatic nitrogens is 4. The monoisotopic (exact) mass is 429 g/mol. The number of hydrogen-bond donors (Lipinski definition) is 3. The number of rotatable bonds is 3. The number of hydrogen-bond acceptors (Lipinski definition) is 5. The summed E-state index contributed by atoms with van der Waals surface area (Å²) in [7, 11) is 0. The maximum atomic E-state index is 10.6. The van der Waals surface area contributed by atoms with Crippen LogP contribution in [-0.2, 0) is 4.79 Å². The van der Waals surface area contributed by atoms with Gasteiger partial charge in [0.15, 0.2) is 0 Å². The molecule has 0 spiro atoms. The van der Waals surface area contributed by atoms with Crippen LogP contribution in [0, 0.1) is 11.3 Å². The predicted molar refractivity (Wildman–Crippen MR) is 102 cm³/mol. The number of H-pyrrole nitrogens is 1. The first-order valence-corrected chi connectivity index (χ1v) is 8.66. The van der Waals surface area contributed by atoms with Crippen molar-refractivity contribution in [3.63, 3.8) is 0 Å². The van der Waals surface area contributed by atoms with Crippen molar-refractivity contribution >= 4 is 17.0 Å². The van der Waals surface area contributed by atoms with E-state index in [1.807, 2.05) is 18.3 Å². The summed E-state index contributed by atoms with van der Waals surface area (Å²) < 4.78 is 33.4. The standard InChI is InChI=1S/C18H13N5O.C2HF3O2/c19-9-12-2-1-3-13(8-12)17(24)14-10-22-23(11-14)16-5-7-21-18-15(16)4-6-20-18;3-2(4,5)1(6)7/h1-8,10-11,17,24H,(H,20,21);(H,6,7). The Kier molecular flexibility index (Phi) is 6.03. The van der Waals surface area contributed by atoms with Gasteiger partial charge in [0.1, 0.15) is 11.8 Å². The van der Waals surface area contributed by atoms with Crippen LogP contribution in [0.5, 0.6) is 0 Å². The highest BCUT2D eigenvalue weighted by atomic mass is 19.4. The summed E-state index contributed by atoms with van der Waals surface area (Å²) in [5, 5.41) is 32.0. The molecule has 0 radical (unpaired) electrons. The van der Waals surface area contributed by atoms with Crippen molar-refractivity contribution < 1.29 is 28.2 Å². The van der Waals surface area contributed by atoms with Gasteiger partial charge in [-0.3, -0.25) is 0 Å². The molecule has 3 heterocycles. The number of carbonyl (C=O) groups is 1. The van der Waals surface area contributed by atoms with Crippen molar-refractivity contribution in [2.24, 2.45) is 0 Å². The van der Waals surface area contributed by atoms with Crippen molar-refractivity contribution in [3.8, 4) is 11.8 Å². The Hall–Kier alpha value is -4.17. The van der Waals surface area contributed by atoms with Crippen molar-refractivity contribution in [2.45, 2.75) is 12.3 Å². The second-order valence-corrected chi connectivity index (χ2v) is 6.23. The SMILES string of the molecule is N#Cc1cccc(C(O)c2cnn(-c3ccnc4[nH]ccc34)c2)c1.O=C(O)C(F)(F)F. The highest BCUT2D eigenvalue weighted by molar-refractivity contribution is 5.84. The first-order valence-electron chi connectivity index (χ1n) is 8.66. The van der Waals surface area contributed by atoms with Gasteiger partial charge in [0.2, 0.25) is 0 Å². The van der Waals surface area contributed by atoms with E-state index in [0.717, 1.165) is 16.7 Å². The van der Waals surface area contributed by atoms with Crippen molar-refractivity contribution in [3.05, 3.63) is 77.9 Å². The van der Waals surface area contributed by atoms with E-state index in [2.05, 4.69) is 21.1 Å². The van der Waals surface area contributed by atoms with Crippen molar-refractivity contribution in [1.82, 2.24) is 19.7 Å². The van der Waals surface area contributed by atoms with Gasteiger partial charge in [-0.1, -0.05) is 12.1 Å². The molecule has 0 aliphatic heterocycles. The van der Waals surface area contributed by atoms with Crippen LogP contribution in [0.25, 0.3) is 16.7 Å². The number of aliphatic carboxylic acids is 1. The number of aliphatic hydroxyl groups is 1. The summed E-state index contributed by atoms with van der Waals surface area (Å²) in [6.07, 6.45) is 1.03. The fourth-order valence-electron chi connectivity index (χ4n) is 2.73. The van der Waals surface area contributed by atoms with Gasteiger partial charge in [-0.25, -0.2) is 14.5 Å². The maximum absolute atomic E-state index is 10.6. The van der Waals surface area contributed by atoms with Crippen molar-refractivity contribution in [2.75, 3.05) is 0 Å². The molecule has 0 saturated heterocycles. The minimum atomic E-state index is -5.08. The molecule has 0 saturated carbocycles. The van der Waals surface area contributed by atoms with Gasteiger partial charge in [-0.15, -0.1) is 0 Å². The summed E-state index contributed by atoms with van der Waals surface area (Å²) in [6.45, 7) is 0. The van der Waals surface area contributed by atoms with Gasteiger partial charge in [0.05, 0.1) is 23.5 Å². The van der Waals surface area contributed by atoms with E-state index in [9.17, 15) is 18.3 Å². The fourth-order valence-corrected chi connectivity index (χ4v) is 2.73. The van der Waals surface area contributed by atoms with Crippen LogP contribution in [0.4, 0.5) is 13.2 Å². The van der Waals surface area contributed by atoms with Crippen LogP contribution in [0.15, 0.2) is 61.2 Å². The lowest BCUT2D eigenvalue weighted by Crippen LogP contribution is -2.21. The second kappa shape index (κ2) is 8.68. The molecule has 4 aromatic rings. The molecular weight excluding hydrogens is 415 g/mol. The highest BCUT2D eigenvalue weighted by Gasteiger charge is 2.38. The zero-order chi connectivity index (χ0) is 22.6. The van der Waals surface area contributed by atoms with E-state index >= 15 is 0 Å². The van der Waals surface area contributed by atoms with Crippen LogP contribution in [0.3, 0.4) is 0 Å². The van der Waals surface area contributed by atoms with E-state index in [1.54, 1.807) is 47.5 Å². The average Bonchev–Trinajstić information content (AvgIpc) is 3.42. The molecule has 0 amide bonds. The lowest BCUT2D eigenvalue weighted by atomic mass is 10.0. The summed E-state index contributed by atoms with van der Waals surface area (Å²) >= 11 is 0. The van der Waals surface area contributed by atoms with E-state index in [4.69, 9.17) is 15.2 Å². The summed E-state index contributed by atoms with van der Waals surface area (Å²) in [4.78, 5) is 16.2. The molecule has 0 aliphatic rings. The lowest BCUT2D eigenvalue weighted by molar-refractivity contribution is -0.192. The van der Waals surface area contributed by atoms with E-state index < -0.39 is 18.2 Å². The van der Waals surface area contributed by atoms with Crippen LogP contribution < -0.4 is 0 Å². The Morgan fingerprint density at radius 3 is 2.65 bits per heavy atom. The molecule has 0 bridgehead atoms. The molecule has 3 aromatic heterocycles. The third-order valence-corrected chi connectivity index (χ3v) is 4.18. The van der Waals surface area contributed by atoms with Gasteiger partial charge in [0, 0.05) is 29.5 Å². The number of pyridine rings is 1. The first-order chi connectivity index (χ1) is 14.7. The number of halogens is 3. The number of aromatic amines is 1. The first kappa shape index (κ1) is 21.5. The molecule has 158 valence electrons. The number of alkyl halides is 3. The number of nitriles is 1. The number of nitrogens with one attached hydrogen (secondary N) is 1. The number of carboxylic acids is 1. The van der Waals surface area contributed by atoms with Crippen LogP contribution in [0.1, 0.15) is 22.8 Å². The number of benzene rings is 1. The Morgan fingerprint density at radius 2 is 1.97 bits per heavy atom. The van der Waals surface area contributed by atoms with Gasteiger partial charge in [-0.2, -0.15) is 23.5 Å². The van der Waals surface area contributed by atoms with E-state index in [-0.39, 0.29) is 0 Å². The van der Waals surface area contributed by atoms with E-state index in [1.165, 1.54) is 0 Å². The predicted octanol–water partition coefficient (Wildman–Crippen LogP) is 3.34. The van der Waals surface area contributed by atoms with Gasteiger partial charge >= 0.3 is 12.1 Å². The van der Waals surface area contributed by atoms with Crippen LogP contribution in [-0.4, -0.2) is 42.1 Å². The summed E-state index contributed by atoms with van der Waals surface area (Å²) in [5.41, 5.74) is 3.50. The molecule has 31 heavy (non-hydrogen) atoms. The normalized spacial score (nSPS) is 12.0. The molecule has 1 aromatic carbocycles. The minimum Gasteiger partial charge on any atom is -0.475 e. The van der Waals surface area contributed by atoms with Crippen LogP contribution >= 0.6 is 0 Å². The Bertz CT molecular complexity index is 1260. The third kappa shape index (κ3) is 4.88. The third-order valence-electron chi connectivity index (χ3n) is 4.18. The maximum Gasteiger partial charge on any atom is 0.490 e. The smallest absolute Gasteiger partial charge is 0.475 e. The Labute approximate surface area is 172 Å². The molecule has 11 heteroatoms. The molecule has 1 atom stereocenters.